The van der Waals surface area contributed by atoms with Crippen molar-refractivity contribution in [1.29, 1.82) is 0 Å². The zero-order valence-corrected chi connectivity index (χ0v) is 23.8. The van der Waals surface area contributed by atoms with Crippen molar-refractivity contribution in [3.8, 4) is 11.5 Å². The summed E-state index contributed by atoms with van der Waals surface area (Å²) in [5.41, 5.74) is 3.28. The number of unbranched alkanes of at least 4 members (excludes halogenated alkanes) is 1. The van der Waals surface area contributed by atoms with Crippen LogP contribution in [0.4, 0.5) is 0 Å². The average molecular weight is 516 g/mol. The van der Waals surface area contributed by atoms with E-state index in [9.17, 15) is 4.79 Å². The van der Waals surface area contributed by atoms with Crippen molar-refractivity contribution in [2.75, 3.05) is 32.7 Å². The molecule has 3 aromatic rings. The number of aryl methyl sites for hydroxylation is 2. The summed E-state index contributed by atoms with van der Waals surface area (Å²) in [6, 6.07) is 12.7. The number of oxazole rings is 1. The van der Waals surface area contributed by atoms with E-state index in [1.54, 1.807) is 0 Å². The Morgan fingerprint density at radius 3 is 2.47 bits per heavy atom. The molecule has 5 rings (SSSR count). The minimum absolute atomic E-state index is 0.230. The second-order valence-electron chi connectivity index (χ2n) is 12.2. The number of nitrogens with zero attached hydrogens (tertiary/aromatic N) is 3. The molecule has 5 heteroatoms. The Hall–Kier alpha value is -2.50. The third-order valence-corrected chi connectivity index (χ3v) is 8.75. The molecule has 2 fully saturated rings. The highest BCUT2D eigenvalue weighted by Gasteiger charge is 2.26. The summed E-state index contributed by atoms with van der Waals surface area (Å²) in [4.78, 5) is 22.9. The van der Waals surface area contributed by atoms with Crippen LogP contribution in [0.1, 0.15) is 69.4 Å². The van der Waals surface area contributed by atoms with Gasteiger partial charge in [-0.05, 0) is 93.8 Å². The molecule has 0 saturated carbocycles. The summed E-state index contributed by atoms with van der Waals surface area (Å²) in [6.45, 7) is 15.2. The molecule has 3 heterocycles. The van der Waals surface area contributed by atoms with Crippen LogP contribution in [-0.2, 0) is 11.3 Å². The molecule has 2 aliphatic rings. The average Bonchev–Trinajstić information content (AvgIpc) is 3.25. The molecule has 0 unspecified atom stereocenters. The van der Waals surface area contributed by atoms with Gasteiger partial charge in [0.1, 0.15) is 11.5 Å². The normalized spacial score (nSPS) is 21.8. The first-order chi connectivity index (χ1) is 18.4. The molecule has 2 aliphatic heterocycles. The lowest BCUT2D eigenvalue weighted by molar-refractivity contribution is -0.124. The van der Waals surface area contributed by atoms with Gasteiger partial charge in [0.25, 0.3) is 0 Å². The molecule has 2 atom stereocenters. The van der Waals surface area contributed by atoms with Gasteiger partial charge in [0.2, 0.25) is 5.89 Å². The fourth-order valence-corrected chi connectivity index (χ4v) is 6.78. The first-order valence-electron chi connectivity index (χ1n) is 14.8. The summed E-state index contributed by atoms with van der Waals surface area (Å²) >= 11 is 0. The monoisotopic (exact) mass is 515 g/mol. The Balaban J connectivity index is 1.10. The molecule has 204 valence electrons. The molecule has 0 radical (unpaired) electrons. The van der Waals surface area contributed by atoms with Crippen molar-refractivity contribution in [3.05, 3.63) is 53.4 Å². The van der Waals surface area contributed by atoms with Crippen molar-refractivity contribution in [3.63, 3.8) is 0 Å². The number of likely N-dealkylation sites (tertiary alicyclic amines) is 2. The SMILES string of the molecule is Cc1ccc2ccccc2c1-c1nc(CN2CCC(C(=O)CCCCN3C[C@H](C)C[C@H](C)C3)CC2)c(C)o1. The summed E-state index contributed by atoms with van der Waals surface area (Å²) in [5.74, 6) is 3.93. The number of fused-ring (bicyclic) bond motifs is 1. The van der Waals surface area contributed by atoms with Gasteiger partial charge in [-0.15, -0.1) is 0 Å². The molecule has 0 aliphatic carbocycles. The van der Waals surface area contributed by atoms with E-state index >= 15 is 0 Å². The molecule has 1 aromatic heterocycles. The standard InChI is InChI=1S/C33H45N3O2/c1-23-19-24(2)21-36(20-23)16-8-7-11-31(37)28-14-17-35(18-15-28)22-30-26(4)38-33(34-30)32-25(3)12-13-27-9-5-6-10-29(27)32/h5-6,9-10,12-13,23-24,28H,7-8,11,14-22H2,1-4H3/t23-,24+. The first-order valence-corrected chi connectivity index (χ1v) is 14.8. The molecular formula is C33H45N3O2. The van der Waals surface area contributed by atoms with Crippen molar-refractivity contribution >= 4 is 16.6 Å². The number of piperidine rings is 2. The Labute approximate surface area is 228 Å². The summed E-state index contributed by atoms with van der Waals surface area (Å²) in [7, 11) is 0. The maximum absolute atomic E-state index is 12.9. The minimum atomic E-state index is 0.230. The largest absolute Gasteiger partial charge is 0.441 e. The van der Waals surface area contributed by atoms with Crippen LogP contribution in [0.5, 0.6) is 0 Å². The zero-order chi connectivity index (χ0) is 26.6. The number of rotatable bonds is 9. The fraction of sp³-hybridized carbons (Fsp3) is 0.576. The number of aromatic nitrogens is 1. The van der Waals surface area contributed by atoms with Gasteiger partial charge in [0.05, 0.1) is 5.69 Å². The van der Waals surface area contributed by atoms with Gasteiger partial charge in [-0.25, -0.2) is 4.98 Å². The Kier molecular flexibility index (Phi) is 8.64. The highest BCUT2D eigenvalue weighted by Crippen LogP contribution is 2.33. The molecule has 0 bridgehead atoms. The predicted molar refractivity (Wildman–Crippen MR) is 155 cm³/mol. The number of Topliss-reactive ketones (excluding diaryl/α,β-unsaturated/α-hetero) is 1. The molecular weight excluding hydrogens is 470 g/mol. The molecule has 5 nitrogen and oxygen atoms in total. The van der Waals surface area contributed by atoms with Gasteiger partial charge in [0.15, 0.2) is 0 Å². The van der Waals surface area contributed by atoms with E-state index in [1.165, 1.54) is 35.8 Å². The summed E-state index contributed by atoms with van der Waals surface area (Å²) in [5, 5.41) is 2.38. The van der Waals surface area contributed by atoms with Crippen LogP contribution >= 0.6 is 0 Å². The van der Waals surface area contributed by atoms with Crippen LogP contribution < -0.4 is 0 Å². The van der Waals surface area contributed by atoms with Crippen LogP contribution in [0.25, 0.3) is 22.2 Å². The summed E-state index contributed by atoms with van der Waals surface area (Å²) < 4.78 is 6.21. The molecule has 2 aromatic carbocycles. The molecule has 38 heavy (non-hydrogen) atoms. The highest BCUT2D eigenvalue weighted by molar-refractivity contribution is 5.96. The summed E-state index contributed by atoms with van der Waals surface area (Å²) in [6.07, 6.45) is 6.22. The van der Waals surface area contributed by atoms with Crippen LogP contribution in [0.2, 0.25) is 0 Å². The van der Waals surface area contributed by atoms with Crippen LogP contribution in [0.15, 0.2) is 40.8 Å². The molecule has 2 saturated heterocycles. The van der Waals surface area contributed by atoms with Crippen molar-refractivity contribution in [2.24, 2.45) is 17.8 Å². The Morgan fingerprint density at radius 1 is 0.974 bits per heavy atom. The minimum Gasteiger partial charge on any atom is -0.441 e. The molecule has 0 amide bonds. The van der Waals surface area contributed by atoms with E-state index in [4.69, 9.17) is 9.40 Å². The van der Waals surface area contributed by atoms with Gasteiger partial charge in [-0.1, -0.05) is 50.2 Å². The van der Waals surface area contributed by atoms with Gasteiger partial charge in [-0.2, -0.15) is 0 Å². The number of carbonyl (C=O) groups is 1. The van der Waals surface area contributed by atoms with Gasteiger partial charge >= 0.3 is 0 Å². The lowest BCUT2D eigenvalue weighted by Crippen LogP contribution is -2.39. The topological polar surface area (TPSA) is 49.6 Å². The van der Waals surface area contributed by atoms with E-state index in [0.29, 0.717) is 11.7 Å². The third-order valence-electron chi connectivity index (χ3n) is 8.75. The second kappa shape index (κ2) is 12.1. The third kappa shape index (κ3) is 6.38. The maximum atomic E-state index is 12.9. The van der Waals surface area contributed by atoms with Gasteiger partial charge in [-0.3, -0.25) is 9.69 Å². The predicted octanol–water partition coefficient (Wildman–Crippen LogP) is 7.04. The van der Waals surface area contributed by atoms with Gasteiger partial charge in [0, 0.05) is 37.5 Å². The maximum Gasteiger partial charge on any atom is 0.227 e. The number of benzene rings is 2. The quantitative estimate of drug-likeness (QED) is 0.286. The molecule has 0 N–H and O–H groups in total. The zero-order valence-electron chi connectivity index (χ0n) is 23.8. The fourth-order valence-electron chi connectivity index (χ4n) is 6.78. The van der Waals surface area contributed by atoms with Crippen molar-refractivity contribution < 1.29 is 9.21 Å². The lowest BCUT2D eigenvalue weighted by atomic mass is 9.89. The van der Waals surface area contributed by atoms with E-state index in [-0.39, 0.29) is 5.92 Å². The van der Waals surface area contributed by atoms with Crippen molar-refractivity contribution in [2.45, 2.75) is 72.8 Å². The Morgan fingerprint density at radius 2 is 1.71 bits per heavy atom. The Bertz CT molecular complexity index is 1230. The van der Waals surface area contributed by atoms with Crippen LogP contribution in [0, 0.1) is 31.6 Å². The molecule has 0 spiro atoms. The van der Waals surface area contributed by atoms with Crippen LogP contribution in [-0.4, -0.2) is 53.3 Å². The van der Waals surface area contributed by atoms with Gasteiger partial charge < -0.3 is 9.32 Å². The van der Waals surface area contributed by atoms with E-state index in [2.05, 4.69) is 67.0 Å². The van der Waals surface area contributed by atoms with Crippen LogP contribution in [0.3, 0.4) is 0 Å². The number of hydrogen-bond acceptors (Lipinski definition) is 5. The lowest BCUT2D eigenvalue weighted by Gasteiger charge is -2.35. The number of hydrogen-bond donors (Lipinski definition) is 0. The second-order valence-corrected chi connectivity index (χ2v) is 12.2. The number of ketones is 1. The van der Waals surface area contributed by atoms with E-state index < -0.39 is 0 Å². The number of carbonyl (C=O) groups excluding carboxylic acids is 1. The van der Waals surface area contributed by atoms with E-state index in [0.717, 1.165) is 87.1 Å². The first kappa shape index (κ1) is 27.1. The van der Waals surface area contributed by atoms with E-state index in [1.807, 2.05) is 6.92 Å². The highest BCUT2D eigenvalue weighted by atomic mass is 16.4. The van der Waals surface area contributed by atoms with Crippen molar-refractivity contribution in [1.82, 2.24) is 14.8 Å². The smallest absolute Gasteiger partial charge is 0.227 e.